The van der Waals surface area contributed by atoms with Gasteiger partial charge in [0.05, 0.1) is 0 Å². The monoisotopic (exact) mass is 177 g/mol. The number of carbonyl (C=O) groups excluding carboxylic acids is 1. The Bertz CT molecular complexity index is 175. The van der Waals surface area contributed by atoms with E-state index in [0.29, 0.717) is 12.1 Å². The summed E-state index contributed by atoms with van der Waals surface area (Å²) in [4.78, 5) is 12.5. The molecule has 0 aromatic carbocycles. The number of nitrogens with one attached hydrogen (secondary N) is 1. The van der Waals surface area contributed by atoms with Crippen molar-refractivity contribution in [1.29, 1.82) is 0 Å². The van der Waals surface area contributed by atoms with Crippen molar-refractivity contribution in [1.82, 2.24) is 10.2 Å². The van der Waals surface area contributed by atoms with E-state index >= 15 is 0 Å². The van der Waals surface area contributed by atoms with Crippen molar-refractivity contribution in [2.45, 2.75) is 18.5 Å². The van der Waals surface area contributed by atoms with Crippen LogP contribution in [0.15, 0.2) is 0 Å². The van der Waals surface area contributed by atoms with Crippen molar-refractivity contribution in [2.24, 2.45) is 5.73 Å². The summed E-state index contributed by atoms with van der Waals surface area (Å²) >= 11 is 0. The first-order valence-electron chi connectivity index (χ1n) is 3.57. The molecule has 2 amide bonds. The first-order chi connectivity index (χ1) is 4.77. The molecule has 0 aliphatic carbocycles. The first-order valence-corrected chi connectivity index (χ1v) is 3.57. The van der Waals surface area contributed by atoms with E-state index in [4.69, 9.17) is 5.73 Å². The lowest BCUT2D eigenvalue weighted by atomic mass is 10.2. The Labute approximate surface area is 71.5 Å². The summed E-state index contributed by atoms with van der Waals surface area (Å²) in [5.74, 6) is 0. The fraction of sp³-hybridized carbons (Fsp3) is 0.833. The third-order valence-electron chi connectivity index (χ3n) is 2.34. The molecule has 4 nitrogen and oxygen atoms in total. The van der Waals surface area contributed by atoms with Crippen LogP contribution >= 0.6 is 12.4 Å². The van der Waals surface area contributed by atoms with Gasteiger partial charge in [0.2, 0.25) is 0 Å². The highest BCUT2D eigenvalue weighted by Crippen LogP contribution is 2.22. The summed E-state index contributed by atoms with van der Waals surface area (Å²) < 4.78 is 0. The van der Waals surface area contributed by atoms with Crippen molar-refractivity contribution >= 4 is 18.4 Å². The number of likely N-dealkylation sites (tertiary alicyclic amines) is 1. The number of piperazine rings is 1. The predicted octanol–water partition coefficient (Wildman–Crippen LogP) is -0.467. The van der Waals surface area contributed by atoms with Gasteiger partial charge in [-0.05, 0) is 6.42 Å². The van der Waals surface area contributed by atoms with Crippen LogP contribution in [0.5, 0.6) is 0 Å². The zero-order valence-corrected chi connectivity index (χ0v) is 6.93. The molecule has 3 N–H and O–H groups in total. The molecule has 64 valence electrons. The lowest BCUT2D eigenvalue weighted by Crippen LogP contribution is -2.48. The van der Waals surface area contributed by atoms with Gasteiger partial charge in [0.1, 0.15) is 0 Å². The molecule has 0 aromatic heterocycles. The Kier molecular flexibility index (Phi) is 2.25. The summed E-state index contributed by atoms with van der Waals surface area (Å²) in [7, 11) is 0. The maximum absolute atomic E-state index is 10.7. The van der Waals surface area contributed by atoms with E-state index in [1.54, 1.807) is 4.90 Å². The number of carbonyl (C=O) groups is 1. The van der Waals surface area contributed by atoms with E-state index in [1.807, 2.05) is 0 Å². The van der Waals surface area contributed by atoms with E-state index in [0.717, 1.165) is 19.5 Å². The topological polar surface area (TPSA) is 58.4 Å². The van der Waals surface area contributed by atoms with Crippen LogP contribution in [0, 0.1) is 0 Å². The molecule has 2 aliphatic heterocycles. The standard InChI is InChI=1S/C6H11N3O.ClH/c7-6(10)9-3-4-1-5(9)2-8-4;/h4-5,8H,1-3H2,(H2,7,10);1H. The Morgan fingerprint density at radius 2 is 2.36 bits per heavy atom. The second-order valence-corrected chi connectivity index (χ2v) is 2.99. The van der Waals surface area contributed by atoms with Gasteiger partial charge in [-0.15, -0.1) is 12.4 Å². The minimum Gasteiger partial charge on any atom is -0.351 e. The minimum atomic E-state index is -0.269. The summed E-state index contributed by atoms with van der Waals surface area (Å²) in [5.41, 5.74) is 5.14. The number of primary amides is 1. The normalized spacial score (nSPS) is 33.6. The zero-order chi connectivity index (χ0) is 7.14. The third kappa shape index (κ3) is 1.28. The minimum absolute atomic E-state index is 0. The van der Waals surface area contributed by atoms with Gasteiger partial charge in [0.25, 0.3) is 0 Å². The second kappa shape index (κ2) is 2.87. The quantitative estimate of drug-likeness (QED) is 0.526. The van der Waals surface area contributed by atoms with Gasteiger partial charge in [-0.1, -0.05) is 0 Å². The van der Waals surface area contributed by atoms with Crippen molar-refractivity contribution in [2.75, 3.05) is 13.1 Å². The fourth-order valence-electron chi connectivity index (χ4n) is 1.83. The van der Waals surface area contributed by atoms with E-state index in [9.17, 15) is 4.79 Å². The molecule has 5 heteroatoms. The maximum Gasteiger partial charge on any atom is 0.315 e. The molecule has 0 saturated carbocycles. The van der Waals surface area contributed by atoms with Crippen LogP contribution in [0.3, 0.4) is 0 Å². The molecule has 2 saturated heterocycles. The lowest BCUT2D eigenvalue weighted by Gasteiger charge is -2.25. The van der Waals surface area contributed by atoms with Gasteiger partial charge in [0, 0.05) is 25.2 Å². The average Bonchev–Trinajstić information content (AvgIpc) is 2.44. The molecule has 2 unspecified atom stereocenters. The Balaban J connectivity index is 0.000000605. The van der Waals surface area contributed by atoms with Gasteiger partial charge in [-0.3, -0.25) is 0 Å². The van der Waals surface area contributed by atoms with Crippen molar-refractivity contribution in [3.63, 3.8) is 0 Å². The highest BCUT2D eigenvalue weighted by Gasteiger charge is 2.39. The number of amides is 2. The van der Waals surface area contributed by atoms with Crippen LogP contribution in [0.1, 0.15) is 6.42 Å². The average molecular weight is 178 g/mol. The Morgan fingerprint density at radius 1 is 1.64 bits per heavy atom. The van der Waals surface area contributed by atoms with Crippen molar-refractivity contribution in [3.8, 4) is 0 Å². The molecule has 11 heavy (non-hydrogen) atoms. The molecule has 2 atom stereocenters. The number of urea groups is 1. The predicted molar refractivity (Wildman–Crippen MR) is 43.7 cm³/mol. The van der Waals surface area contributed by atoms with Gasteiger partial charge in [-0.25, -0.2) is 4.79 Å². The number of hydrogen-bond acceptors (Lipinski definition) is 2. The number of fused-ring (bicyclic) bond motifs is 2. The number of nitrogens with zero attached hydrogens (tertiary/aromatic N) is 1. The first kappa shape index (κ1) is 8.62. The summed E-state index contributed by atoms with van der Waals surface area (Å²) in [6.07, 6.45) is 1.09. The SMILES string of the molecule is Cl.NC(=O)N1CC2CC1CN2. The lowest BCUT2D eigenvalue weighted by molar-refractivity contribution is 0.194. The van der Waals surface area contributed by atoms with E-state index in [1.165, 1.54) is 0 Å². The van der Waals surface area contributed by atoms with Gasteiger partial charge < -0.3 is 16.0 Å². The molecule has 2 aliphatic rings. The molecular formula is C6H12ClN3O. The van der Waals surface area contributed by atoms with Gasteiger partial charge in [0.15, 0.2) is 0 Å². The number of hydrogen-bond donors (Lipinski definition) is 2. The highest BCUT2D eigenvalue weighted by atomic mass is 35.5. The maximum atomic E-state index is 10.7. The largest absolute Gasteiger partial charge is 0.351 e. The summed E-state index contributed by atoms with van der Waals surface area (Å²) in [6.45, 7) is 1.73. The molecule has 0 aromatic rings. The number of nitrogens with two attached hydrogens (primary N) is 1. The molecular weight excluding hydrogens is 166 g/mol. The van der Waals surface area contributed by atoms with Crippen LogP contribution in [-0.2, 0) is 0 Å². The Hall–Kier alpha value is -0.480. The fourth-order valence-corrected chi connectivity index (χ4v) is 1.83. The molecule has 2 rings (SSSR count). The van der Waals surface area contributed by atoms with E-state index in [2.05, 4.69) is 5.32 Å². The summed E-state index contributed by atoms with van der Waals surface area (Å²) in [6, 6.07) is 0.619. The number of rotatable bonds is 0. The van der Waals surface area contributed by atoms with E-state index in [-0.39, 0.29) is 18.4 Å². The highest BCUT2D eigenvalue weighted by molar-refractivity contribution is 5.85. The zero-order valence-electron chi connectivity index (χ0n) is 6.12. The Morgan fingerprint density at radius 3 is 2.64 bits per heavy atom. The smallest absolute Gasteiger partial charge is 0.315 e. The van der Waals surface area contributed by atoms with Crippen LogP contribution < -0.4 is 11.1 Å². The van der Waals surface area contributed by atoms with Crippen LogP contribution in [0.25, 0.3) is 0 Å². The van der Waals surface area contributed by atoms with Gasteiger partial charge in [-0.2, -0.15) is 0 Å². The second-order valence-electron chi connectivity index (χ2n) is 2.99. The molecule has 2 fully saturated rings. The van der Waals surface area contributed by atoms with Crippen LogP contribution in [-0.4, -0.2) is 36.1 Å². The van der Waals surface area contributed by atoms with Gasteiger partial charge >= 0.3 is 6.03 Å². The van der Waals surface area contributed by atoms with Crippen molar-refractivity contribution < 1.29 is 4.79 Å². The summed E-state index contributed by atoms with van der Waals surface area (Å²) in [5, 5.41) is 3.29. The molecule has 2 bridgehead atoms. The van der Waals surface area contributed by atoms with Crippen molar-refractivity contribution in [3.05, 3.63) is 0 Å². The van der Waals surface area contributed by atoms with Crippen LogP contribution in [0.2, 0.25) is 0 Å². The van der Waals surface area contributed by atoms with E-state index < -0.39 is 0 Å². The van der Waals surface area contributed by atoms with Crippen LogP contribution in [0.4, 0.5) is 4.79 Å². The molecule has 0 radical (unpaired) electrons. The number of halogens is 1. The third-order valence-corrected chi connectivity index (χ3v) is 2.34. The molecule has 0 spiro atoms. The molecule has 2 heterocycles.